The number of halogens is 2. The van der Waals surface area contributed by atoms with Gasteiger partial charge in [0.25, 0.3) is 0 Å². The Labute approximate surface area is 250 Å². The van der Waals surface area contributed by atoms with Gasteiger partial charge in [0.05, 0.1) is 28.4 Å². The molecule has 0 spiro atoms. The summed E-state index contributed by atoms with van der Waals surface area (Å²) in [5.41, 5.74) is 1.74. The topological polar surface area (TPSA) is 71.1 Å². The summed E-state index contributed by atoms with van der Waals surface area (Å²) in [4.78, 5) is 28.4. The third-order valence-corrected chi connectivity index (χ3v) is 8.84. The van der Waals surface area contributed by atoms with Gasteiger partial charge in [-0.2, -0.15) is 0 Å². The lowest BCUT2D eigenvalue weighted by Gasteiger charge is -2.16. The van der Waals surface area contributed by atoms with Gasteiger partial charge in [-0.3, -0.25) is 9.59 Å². The Hall–Kier alpha value is -3.30. The number of carbonyl (C=O) groups excluding carboxylic acids is 2. The first-order valence-electron chi connectivity index (χ1n) is 11.8. The van der Waals surface area contributed by atoms with E-state index in [4.69, 9.17) is 42.1 Å². The van der Waals surface area contributed by atoms with Crippen LogP contribution in [-0.4, -0.2) is 40.0 Å². The molecule has 4 aromatic rings. The Morgan fingerprint density at radius 1 is 0.525 bits per heavy atom. The highest BCUT2D eigenvalue weighted by Crippen LogP contribution is 2.47. The average molecular weight is 616 g/mol. The van der Waals surface area contributed by atoms with E-state index in [1.165, 1.54) is 50.0 Å². The van der Waals surface area contributed by atoms with Gasteiger partial charge < -0.3 is 18.9 Å². The molecule has 0 aromatic heterocycles. The number of hydrogen-bond donors (Lipinski definition) is 0. The summed E-state index contributed by atoms with van der Waals surface area (Å²) in [6.45, 7) is 0. The van der Waals surface area contributed by atoms with E-state index in [0.29, 0.717) is 65.1 Å². The molecule has 0 radical (unpaired) electrons. The smallest absolute Gasteiger partial charge is 0.194 e. The summed E-state index contributed by atoms with van der Waals surface area (Å²) in [7, 11) is 8.67. The van der Waals surface area contributed by atoms with E-state index in [1.807, 2.05) is 0 Å². The highest BCUT2D eigenvalue weighted by Gasteiger charge is 2.23. The van der Waals surface area contributed by atoms with Crippen molar-refractivity contribution >= 4 is 56.4 Å². The van der Waals surface area contributed by atoms with Crippen molar-refractivity contribution in [2.24, 2.45) is 0 Å². The van der Waals surface area contributed by atoms with Gasteiger partial charge in [-0.15, -0.1) is 0 Å². The van der Waals surface area contributed by atoms with Crippen LogP contribution in [0.1, 0.15) is 31.8 Å². The maximum absolute atomic E-state index is 13.6. The molecule has 0 saturated heterocycles. The van der Waals surface area contributed by atoms with E-state index >= 15 is 0 Å². The normalized spacial score (nSPS) is 10.7. The first-order valence-corrected chi connectivity index (χ1v) is 14.7. The summed E-state index contributed by atoms with van der Waals surface area (Å²) in [6, 6.07) is 20.1. The van der Waals surface area contributed by atoms with E-state index in [2.05, 4.69) is 0 Å². The van der Waals surface area contributed by atoms with Crippen molar-refractivity contribution in [3.63, 3.8) is 0 Å². The standard InChI is InChI=1S/C30H24Cl2O6S2/c1-35-23-13-21(29(33)17-5-9-19(31)10-6-17)27(15-25(23)37-3)39-40-28-16-26(38-4)24(36-2)14-22(28)30(34)18-7-11-20(32)12-8-18/h5-16H,1-4H3. The lowest BCUT2D eigenvalue weighted by Crippen LogP contribution is -2.05. The van der Waals surface area contributed by atoms with E-state index < -0.39 is 0 Å². The molecule has 0 aliphatic heterocycles. The summed E-state index contributed by atoms with van der Waals surface area (Å²) in [6.07, 6.45) is 0. The van der Waals surface area contributed by atoms with Gasteiger partial charge in [0.15, 0.2) is 34.6 Å². The van der Waals surface area contributed by atoms with Crippen molar-refractivity contribution in [1.82, 2.24) is 0 Å². The molecule has 0 bridgehead atoms. The van der Waals surface area contributed by atoms with Crippen LogP contribution < -0.4 is 18.9 Å². The first-order chi connectivity index (χ1) is 19.3. The Morgan fingerprint density at radius 3 is 1.12 bits per heavy atom. The van der Waals surface area contributed by atoms with Gasteiger partial charge in [-0.25, -0.2) is 0 Å². The quantitative estimate of drug-likeness (QED) is 0.123. The van der Waals surface area contributed by atoms with Crippen molar-refractivity contribution in [3.05, 3.63) is 105 Å². The zero-order valence-corrected chi connectivity index (χ0v) is 25.1. The van der Waals surface area contributed by atoms with E-state index in [1.54, 1.807) is 72.8 Å². The van der Waals surface area contributed by atoms with Crippen molar-refractivity contribution < 1.29 is 28.5 Å². The van der Waals surface area contributed by atoms with Crippen molar-refractivity contribution in [2.75, 3.05) is 28.4 Å². The number of methoxy groups -OCH3 is 4. The van der Waals surface area contributed by atoms with E-state index in [9.17, 15) is 9.59 Å². The van der Waals surface area contributed by atoms with Gasteiger partial charge >= 0.3 is 0 Å². The molecule has 0 atom stereocenters. The minimum atomic E-state index is -0.217. The number of ketones is 2. The maximum Gasteiger partial charge on any atom is 0.194 e. The second-order valence-corrected chi connectivity index (χ2v) is 11.3. The molecule has 0 heterocycles. The van der Waals surface area contributed by atoms with Crippen LogP contribution in [0.2, 0.25) is 10.0 Å². The largest absolute Gasteiger partial charge is 0.493 e. The third kappa shape index (κ3) is 6.53. The van der Waals surface area contributed by atoms with Crippen LogP contribution in [0.15, 0.2) is 82.6 Å². The molecule has 6 nitrogen and oxygen atoms in total. The van der Waals surface area contributed by atoms with Crippen LogP contribution in [0.4, 0.5) is 0 Å². The van der Waals surface area contributed by atoms with Crippen LogP contribution >= 0.6 is 44.8 Å². The van der Waals surface area contributed by atoms with E-state index in [-0.39, 0.29) is 11.6 Å². The molecule has 0 fully saturated rings. The second-order valence-electron chi connectivity index (χ2n) is 8.25. The number of rotatable bonds is 11. The van der Waals surface area contributed by atoms with Gasteiger partial charge in [0, 0.05) is 42.1 Å². The first kappa shape index (κ1) is 29.7. The zero-order chi connectivity index (χ0) is 28.8. The molecule has 0 aliphatic rings. The molecule has 0 amide bonds. The second kappa shape index (κ2) is 13.4. The van der Waals surface area contributed by atoms with Crippen LogP contribution in [0, 0.1) is 0 Å². The van der Waals surface area contributed by atoms with Crippen LogP contribution in [0.3, 0.4) is 0 Å². The summed E-state index contributed by atoms with van der Waals surface area (Å²) >= 11 is 12.1. The lowest BCUT2D eigenvalue weighted by atomic mass is 10.0. The summed E-state index contributed by atoms with van der Waals surface area (Å²) in [5.74, 6) is 1.32. The van der Waals surface area contributed by atoms with Crippen molar-refractivity contribution in [2.45, 2.75) is 9.79 Å². The number of ether oxygens (including phenoxy) is 4. The van der Waals surface area contributed by atoms with Gasteiger partial charge in [0.2, 0.25) is 0 Å². The molecule has 40 heavy (non-hydrogen) atoms. The molecule has 4 aromatic carbocycles. The molecule has 4 rings (SSSR count). The highest BCUT2D eigenvalue weighted by atomic mass is 35.5. The highest BCUT2D eigenvalue weighted by molar-refractivity contribution is 8.76. The zero-order valence-electron chi connectivity index (χ0n) is 22.0. The maximum atomic E-state index is 13.6. The van der Waals surface area contributed by atoms with Gasteiger partial charge in [-0.05, 0) is 72.8 Å². The minimum Gasteiger partial charge on any atom is -0.493 e. The van der Waals surface area contributed by atoms with Crippen molar-refractivity contribution in [1.29, 1.82) is 0 Å². The Morgan fingerprint density at radius 2 is 0.825 bits per heavy atom. The fraction of sp³-hybridized carbons (Fsp3) is 0.133. The average Bonchev–Trinajstić information content (AvgIpc) is 2.99. The third-order valence-electron chi connectivity index (χ3n) is 5.89. The Balaban J connectivity index is 1.77. The Kier molecular flexibility index (Phi) is 9.92. The molecular weight excluding hydrogens is 591 g/mol. The molecular formula is C30H24Cl2O6S2. The van der Waals surface area contributed by atoms with Crippen LogP contribution in [0.5, 0.6) is 23.0 Å². The number of carbonyl (C=O) groups is 2. The molecule has 0 N–H and O–H groups in total. The predicted octanol–water partition coefficient (Wildman–Crippen LogP) is 8.29. The van der Waals surface area contributed by atoms with Crippen molar-refractivity contribution in [3.8, 4) is 23.0 Å². The molecule has 10 heteroatoms. The van der Waals surface area contributed by atoms with Gasteiger partial charge in [0.1, 0.15) is 0 Å². The predicted molar refractivity (Wildman–Crippen MR) is 161 cm³/mol. The lowest BCUT2D eigenvalue weighted by molar-refractivity contribution is 0.102. The number of hydrogen-bond acceptors (Lipinski definition) is 8. The van der Waals surface area contributed by atoms with Gasteiger partial charge in [-0.1, -0.05) is 44.8 Å². The minimum absolute atomic E-state index is 0.217. The molecule has 206 valence electrons. The molecule has 0 aliphatic carbocycles. The molecule has 0 saturated carbocycles. The van der Waals surface area contributed by atoms with Crippen LogP contribution in [-0.2, 0) is 0 Å². The summed E-state index contributed by atoms with van der Waals surface area (Å²) in [5, 5.41) is 1.06. The van der Waals surface area contributed by atoms with E-state index in [0.717, 1.165) is 0 Å². The Bertz CT molecular complexity index is 1420. The molecule has 0 unspecified atom stereocenters. The monoisotopic (exact) mass is 614 g/mol. The number of benzene rings is 4. The summed E-state index contributed by atoms with van der Waals surface area (Å²) < 4.78 is 21.9. The van der Waals surface area contributed by atoms with Crippen LogP contribution in [0.25, 0.3) is 0 Å². The fourth-order valence-electron chi connectivity index (χ4n) is 3.82. The fourth-order valence-corrected chi connectivity index (χ4v) is 6.41. The SMILES string of the molecule is COc1cc(SSc2cc(OC)c(OC)cc2C(=O)c2ccc(Cl)cc2)c(C(=O)c2ccc(Cl)cc2)cc1OC.